The van der Waals surface area contributed by atoms with Gasteiger partial charge in [-0.3, -0.25) is 0 Å². The molecule has 0 saturated heterocycles. The molecule has 14 heavy (non-hydrogen) atoms. The van der Waals surface area contributed by atoms with Crippen LogP contribution in [0.4, 0.5) is 0 Å². The molecule has 0 atom stereocenters. The Labute approximate surface area is 108 Å². The third-order valence-electron chi connectivity index (χ3n) is 1.24. The molecular weight excluding hydrogens is 265 g/mol. The van der Waals surface area contributed by atoms with Gasteiger partial charge in [0, 0.05) is 0 Å². The fourth-order valence-corrected chi connectivity index (χ4v) is 2.15. The summed E-state index contributed by atoms with van der Waals surface area (Å²) in [4.78, 5) is -0.566. The average Bonchev–Trinajstić information content (AvgIpc) is 1.94. The second kappa shape index (κ2) is 5.09. The Hall–Kier alpha value is 0.597. The largest absolute Gasteiger partial charge is 1.00 e. The Morgan fingerprint density at radius 1 is 1.00 bits per heavy atom. The zero-order valence-electron chi connectivity index (χ0n) is 6.92. The van der Waals surface area contributed by atoms with E-state index in [1.165, 1.54) is 0 Å². The maximum absolute atomic E-state index is 10.6. The molecule has 0 aromatic heterocycles. The first-order valence-electron chi connectivity index (χ1n) is 2.93. The van der Waals surface area contributed by atoms with Gasteiger partial charge in [-0.05, 0) is 12.1 Å². The molecule has 0 aliphatic rings. The summed E-state index contributed by atoms with van der Waals surface area (Å²) in [7, 11) is -4.60. The first-order valence-corrected chi connectivity index (χ1v) is 5.47. The van der Waals surface area contributed by atoms with Gasteiger partial charge < -0.3 is 4.55 Å². The van der Waals surface area contributed by atoms with E-state index in [9.17, 15) is 13.0 Å². The van der Waals surface area contributed by atoms with Crippen LogP contribution in [-0.4, -0.2) is 13.0 Å². The van der Waals surface area contributed by atoms with E-state index in [2.05, 4.69) is 0 Å². The van der Waals surface area contributed by atoms with Gasteiger partial charge in [0.15, 0.2) is 0 Å². The predicted octanol–water partition coefficient (Wildman–Crippen LogP) is -0.445. The predicted molar refractivity (Wildman–Crippen MR) is 49.4 cm³/mol. The summed E-state index contributed by atoms with van der Waals surface area (Å²) in [6, 6.07) is 2.03. The van der Waals surface area contributed by atoms with Crippen molar-refractivity contribution < 1.29 is 31.8 Å². The van der Waals surface area contributed by atoms with Crippen LogP contribution in [0.5, 0.6) is 0 Å². The Morgan fingerprint density at radius 3 is 1.86 bits per heavy atom. The van der Waals surface area contributed by atoms with Crippen molar-refractivity contribution in [3.05, 3.63) is 27.2 Å². The normalized spacial score (nSPS) is 10.9. The third-order valence-corrected chi connectivity index (χ3v) is 3.27. The van der Waals surface area contributed by atoms with E-state index in [1.54, 1.807) is 0 Å². The summed E-state index contributed by atoms with van der Waals surface area (Å²) in [5, 5.41) is -0.163. The minimum atomic E-state index is -4.60. The van der Waals surface area contributed by atoms with Gasteiger partial charge in [0.1, 0.15) is 10.1 Å². The van der Waals surface area contributed by atoms with Gasteiger partial charge in [-0.2, -0.15) is 0 Å². The first kappa shape index (κ1) is 14.6. The molecule has 72 valence electrons. The molecule has 0 aliphatic heterocycles. The van der Waals surface area contributed by atoms with Gasteiger partial charge in [-0.15, -0.1) is 0 Å². The molecule has 1 aromatic rings. The van der Waals surface area contributed by atoms with Gasteiger partial charge in [-0.25, -0.2) is 8.42 Å². The van der Waals surface area contributed by atoms with E-state index < -0.39 is 15.0 Å². The van der Waals surface area contributed by atoms with Gasteiger partial charge in [0.25, 0.3) is 0 Å². The zero-order chi connectivity index (χ0) is 10.2. The van der Waals surface area contributed by atoms with Crippen molar-refractivity contribution in [3.8, 4) is 0 Å². The summed E-state index contributed by atoms with van der Waals surface area (Å²) in [6.45, 7) is 0. The molecule has 0 radical (unpaired) electrons. The molecule has 0 spiro atoms. The molecule has 0 N–H and O–H groups in total. The molecule has 0 saturated carbocycles. The van der Waals surface area contributed by atoms with Crippen molar-refractivity contribution in [2.45, 2.75) is 4.90 Å². The maximum Gasteiger partial charge on any atom is 1.00 e. The van der Waals surface area contributed by atoms with E-state index in [1.807, 2.05) is 0 Å². The van der Waals surface area contributed by atoms with Gasteiger partial charge in [0.05, 0.1) is 20.0 Å². The summed E-state index contributed by atoms with van der Waals surface area (Å²) < 4.78 is 31.7. The summed E-state index contributed by atoms with van der Waals surface area (Å²) in [6.07, 6.45) is 0. The Balaban J connectivity index is 0.00000169. The van der Waals surface area contributed by atoms with Crippen LogP contribution >= 0.6 is 34.8 Å². The summed E-state index contributed by atoms with van der Waals surface area (Å²) in [5.41, 5.74) is 0. The third kappa shape index (κ3) is 3.32. The van der Waals surface area contributed by atoms with Crippen LogP contribution in [0.25, 0.3) is 0 Å². The van der Waals surface area contributed by atoms with E-state index in [4.69, 9.17) is 34.8 Å². The van der Waals surface area contributed by atoms with Crippen LogP contribution in [0.2, 0.25) is 15.1 Å². The summed E-state index contributed by atoms with van der Waals surface area (Å²) >= 11 is 16.5. The fourth-order valence-electron chi connectivity index (χ4n) is 0.696. The smallest absolute Gasteiger partial charge is 0.744 e. The Bertz CT molecular complexity index is 446. The van der Waals surface area contributed by atoms with Crippen LogP contribution in [0, 0.1) is 0 Å². The molecule has 8 heteroatoms. The molecule has 0 fully saturated rings. The molecule has 0 unspecified atom stereocenters. The van der Waals surface area contributed by atoms with Crippen molar-refractivity contribution in [3.63, 3.8) is 0 Å². The summed E-state index contributed by atoms with van der Waals surface area (Å²) in [5.74, 6) is 0. The van der Waals surface area contributed by atoms with E-state index >= 15 is 0 Å². The molecular formula is C6H2Cl3LiO3S. The second-order valence-electron chi connectivity index (χ2n) is 2.15. The number of hydrogen-bond acceptors (Lipinski definition) is 3. The minimum Gasteiger partial charge on any atom is -0.744 e. The van der Waals surface area contributed by atoms with Crippen molar-refractivity contribution in [2.75, 3.05) is 0 Å². The van der Waals surface area contributed by atoms with Crippen LogP contribution < -0.4 is 18.9 Å². The van der Waals surface area contributed by atoms with Gasteiger partial charge >= 0.3 is 18.9 Å². The fraction of sp³-hybridized carbons (Fsp3) is 0. The van der Waals surface area contributed by atoms with Crippen molar-refractivity contribution in [1.29, 1.82) is 0 Å². The van der Waals surface area contributed by atoms with Gasteiger partial charge in [0.2, 0.25) is 0 Å². The van der Waals surface area contributed by atoms with Crippen molar-refractivity contribution >= 4 is 44.9 Å². The molecule has 3 nitrogen and oxygen atoms in total. The number of benzene rings is 1. The first-order chi connectivity index (χ1) is 5.82. The van der Waals surface area contributed by atoms with Crippen LogP contribution in [-0.2, 0) is 10.1 Å². The maximum atomic E-state index is 10.6. The second-order valence-corrected chi connectivity index (χ2v) is 4.72. The molecule has 1 aromatic carbocycles. The van der Waals surface area contributed by atoms with Gasteiger partial charge in [-0.1, -0.05) is 34.8 Å². The average molecular weight is 267 g/mol. The van der Waals surface area contributed by atoms with Crippen molar-refractivity contribution in [2.24, 2.45) is 0 Å². The SMILES string of the molecule is O=S(=O)([O-])c1cc(Cl)c(Cl)cc1Cl.[Li+]. The monoisotopic (exact) mass is 266 g/mol. The molecule has 0 bridgehead atoms. The van der Waals surface area contributed by atoms with Crippen LogP contribution in [0.1, 0.15) is 0 Å². The minimum absolute atomic E-state index is 0. The standard InChI is InChI=1S/C6H3Cl3O3S.Li/c7-3-1-5(9)6(2-4(3)8)13(10,11)12;/h1-2H,(H,10,11,12);/q;+1/p-1. The number of hydrogen-bond donors (Lipinski definition) is 0. The van der Waals surface area contributed by atoms with E-state index in [-0.39, 0.29) is 33.9 Å². The molecule has 0 heterocycles. The van der Waals surface area contributed by atoms with Crippen molar-refractivity contribution in [1.82, 2.24) is 0 Å². The Morgan fingerprint density at radius 2 is 1.43 bits per heavy atom. The topological polar surface area (TPSA) is 57.2 Å². The van der Waals surface area contributed by atoms with Crippen LogP contribution in [0.15, 0.2) is 17.0 Å². The molecule has 0 amide bonds. The zero-order valence-corrected chi connectivity index (χ0v) is 10.0. The van der Waals surface area contributed by atoms with Crippen LogP contribution in [0.3, 0.4) is 0 Å². The van der Waals surface area contributed by atoms with E-state index in [0.717, 1.165) is 12.1 Å². The van der Waals surface area contributed by atoms with E-state index in [0.29, 0.717) is 0 Å². The molecule has 1 rings (SSSR count). The Kier molecular flexibility index (Phi) is 5.30. The molecule has 0 aliphatic carbocycles. The number of rotatable bonds is 1. The number of halogens is 3. The quantitative estimate of drug-likeness (QED) is 0.394.